The van der Waals surface area contributed by atoms with E-state index >= 15 is 0 Å². The number of nitrogens with zero attached hydrogens (tertiary/aromatic N) is 4. The van der Waals surface area contributed by atoms with E-state index in [1.165, 1.54) is 0 Å². The van der Waals surface area contributed by atoms with Crippen LogP contribution in [0, 0.1) is 13.8 Å². The molecule has 9 nitrogen and oxygen atoms in total. The van der Waals surface area contributed by atoms with Crippen LogP contribution in [0.3, 0.4) is 0 Å². The Kier molecular flexibility index (Phi) is 8.48. The Morgan fingerprint density at radius 3 is 2.33 bits per heavy atom. The number of piperidine rings is 1. The van der Waals surface area contributed by atoms with Gasteiger partial charge in [0.15, 0.2) is 0 Å². The summed E-state index contributed by atoms with van der Waals surface area (Å²) in [5.74, 6) is 0.582. The number of ether oxygens (including phenoxy) is 2. The molecule has 1 amide bonds. The maximum absolute atomic E-state index is 13.7. The summed E-state index contributed by atoms with van der Waals surface area (Å²) in [7, 11) is -2.14. The molecule has 4 rings (SSSR count). The van der Waals surface area contributed by atoms with Crippen LogP contribution in [-0.2, 0) is 19.6 Å². The number of sulfonamides is 1. The van der Waals surface area contributed by atoms with Crippen molar-refractivity contribution >= 4 is 21.6 Å². The first-order valence-corrected chi connectivity index (χ1v) is 13.9. The molecular weight excluding hydrogens is 480 g/mol. The van der Waals surface area contributed by atoms with Gasteiger partial charge in [-0.05, 0) is 62.1 Å². The van der Waals surface area contributed by atoms with Crippen LogP contribution in [0.2, 0.25) is 0 Å². The number of pyridine rings is 1. The van der Waals surface area contributed by atoms with Gasteiger partial charge >= 0.3 is 0 Å². The molecule has 2 saturated heterocycles. The number of anilines is 1. The number of rotatable bonds is 8. The van der Waals surface area contributed by atoms with Crippen molar-refractivity contribution in [2.24, 2.45) is 0 Å². The highest BCUT2D eigenvalue weighted by molar-refractivity contribution is 7.89. The number of amides is 1. The van der Waals surface area contributed by atoms with Gasteiger partial charge < -0.3 is 19.3 Å². The number of carbonyl (C=O) groups is 1. The molecule has 1 atom stereocenters. The summed E-state index contributed by atoms with van der Waals surface area (Å²) >= 11 is 0. The van der Waals surface area contributed by atoms with Crippen LogP contribution in [0.25, 0.3) is 0 Å². The Balaban J connectivity index is 1.34. The maximum Gasteiger partial charge on any atom is 0.248 e. The van der Waals surface area contributed by atoms with Crippen LogP contribution in [0.5, 0.6) is 5.75 Å². The fourth-order valence-corrected chi connectivity index (χ4v) is 7.25. The van der Waals surface area contributed by atoms with Gasteiger partial charge in [0, 0.05) is 56.8 Å². The Hall–Kier alpha value is -2.69. The molecule has 0 spiro atoms. The molecule has 1 aromatic heterocycles. The molecule has 0 bridgehead atoms. The van der Waals surface area contributed by atoms with Crippen molar-refractivity contribution in [2.45, 2.75) is 44.0 Å². The van der Waals surface area contributed by atoms with Gasteiger partial charge in [-0.2, -0.15) is 4.31 Å². The standard InChI is InChI=1S/C26H36N4O5S/c1-20-16-24(34-3)17-21(2)26(20)36(32,33)30-11-5-4-6-23(30)18-35-19-25(31)29-14-12-28(13-15-29)22-7-9-27-10-8-22/h7-10,16-17,23H,4-6,11-15,18-19H2,1-3H3. The molecule has 0 saturated carbocycles. The maximum atomic E-state index is 13.7. The molecule has 2 aromatic rings. The zero-order chi connectivity index (χ0) is 25.7. The van der Waals surface area contributed by atoms with Crippen LogP contribution in [-0.4, -0.2) is 87.6 Å². The zero-order valence-corrected chi connectivity index (χ0v) is 22.2. The third-order valence-corrected chi connectivity index (χ3v) is 9.26. The number of aromatic nitrogens is 1. The van der Waals surface area contributed by atoms with Crippen LogP contribution in [0.1, 0.15) is 30.4 Å². The van der Waals surface area contributed by atoms with Crippen LogP contribution in [0.4, 0.5) is 5.69 Å². The van der Waals surface area contributed by atoms with Crippen molar-refractivity contribution in [2.75, 3.05) is 57.9 Å². The average molecular weight is 517 g/mol. The van der Waals surface area contributed by atoms with Gasteiger partial charge in [0.1, 0.15) is 12.4 Å². The number of methoxy groups -OCH3 is 1. The lowest BCUT2D eigenvalue weighted by molar-refractivity contribution is -0.137. The van der Waals surface area contributed by atoms with Gasteiger partial charge in [-0.25, -0.2) is 8.42 Å². The van der Waals surface area contributed by atoms with E-state index in [0.29, 0.717) is 47.8 Å². The summed E-state index contributed by atoms with van der Waals surface area (Å²) in [6.45, 7) is 6.98. The van der Waals surface area contributed by atoms with Crippen molar-refractivity contribution in [1.29, 1.82) is 0 Å². The van der Waals surface area contributed by atoms with Crippen LogP contribution in [0.15, 0.2) is 41.6 Å². The number of hydrogen-bond acceptors (Lipinski definition) is 7. The predicted molar refractivity (Wildman–Crippen MR) is 138 cm³/mol. The minimum atomic E-state index is -3.71. The number of benzene rings is 1. The fourth-order valence-electron chi connectivity index (χ4n) is 5.15. The molecule has 1 aromatic carbocycles. The fraction of sp³-hybridized carbons (Fsp3) is 0.538. The molecule has 0 radical (unpaired) electrons. The second-order valence-corrected chi connectivity index (χ2v) is 11.3. The molecule has 0 N–H and O–H groups in total. The topological polar surface area (TPSA) is 92.3 Å². The first-order valence-electron chi connectivity index (χ1n) is 12.5. The second kappa shape index (κ2) is 11.6. The van der Waals surface area contributed by atoms with E-state index in [-0.39, 0.29) is 25.2 Å². The van der Waals surface area contributed by atoms with E-state index in [1.54, 1.807) is 49.8 Å². The Labute approximate surface area is 214 Å². The largest absolute Gasteiger partial charge is 0.497 e. The summed E-state index contributed by atoms with van der Waals surface area (Å²) in [6, 6.07) is 7.16. The number of carbonyl (C=O) groups excluding carboxylic acids is 1. The third kappa shape index (κ3) is 5.82. The monoisotopic (exact) mass is 516 g/mol. The minimum absolute atomic E-state index is 0.0414. The number of hydrogen-bond donors (Lipinski definition) is 0. The first kappa shape index (κ1) is 26.4. The highest BCUT2D eigenvalue weighted by Crippen LogP contribution is 2.32. The molecule has 3 heterocycles. The van der Waals surface area contributed by atoms with Gasteiger partial charge in [0.2, 0.25) is 15.9 Å². The summed E-state index contributed by atoms with van der Waals surface area (Å²) in [5.41, 5.74) is 2.44. The summed E-state index contributed by atoms with van der Waals surface area (Å²) < 4.78 is 40.0. The molecule has 196 valence electrons. The van der Waals surface area contributed by atoms with Gasteiger partial charge in [-0.15, -0.1) is 0 Å². The van der Waals surface area contributed by atoms with Gasteiger partial charge in [-0.3, -0.25) is 9.78 Å². The van der Waals surface area contributed by atoms with E-state index in [2.05, 4.69) is 9.88 Å². The van der Waals surface area contributed by atoms with E-state index < -0.39 is 10.0 Å². The van der Waals surface area contributed by atoms with Crippen LogP contribution >= 0.6 is 0 Å². The molecule has 2 fully saturated rings. The van der Waals surface area contributed by atoms with E-state index in [4.69, 9.17) is 9.47 Å². The molecule has 2 aliphatic rings. The lowest BCUT2D eigenvalue weighted by Crippen LogP contribution is -2.50. The van der Waals surface area contributed by atoms with E-state index in [9.17, 15) is 13.2 Å². The molecule has 36 heavy (non-hydrogen) atoms. The Bertz CT molecular complexity index is 1130. The smallest absolute Gasteiger partial charge is 0.248 e. The summed E-state index contributed by atoms with van der Waals surface area (Å²) in [6.07, 6.45) is 6.00. The van der Waals surface area contributed by atoms with Crippen molar-refractivity contribution in [3.8, 4) is 5.75 Å². The molecule has 2 aliphatic heterocycles. The third-order valence-electron chi connectivity index (χ3n) is 7.01. The lowest BCUT2D eigenvalue weighted by Gasteiger charge is -2.37. The zero-order valence-electron chi connectivity index (χ0n) is 21.4. The SMILES string of the molecule is COc1cc(C)c(S(=O)(=O)N2CCCCC2COCC(=O)N2CCN(c3ccncc3)CC2)c(C)c1. The number of aryl methyl sites for hydroxylation is 2. The minimum Gasteiger partial charge on any atom is -0.497 e. The lowest BCUT2D eigenvalue weighted by atomic mass is 10.1. The quantitative estimate of drug-likeness (QED) is 0.533. The number of piperazine rings is 1. The molecular formula is C26H36N4O5S. The Morgan fingerprint density at radius 2 is 1.69 bits per heavy atom. The van der Waals surface area contributed by atoms with Gasteiger partial charge in [0.25, 0.3) is 0 Å². The molecule has 0 aliphatic carbocycles. The van der Waals surface area contributed by atoms with Crippen LogP contribution < -0.4 is 9.64 Å². The summed E-state index contributed by atoms with van der Waals surface area (Å²) in [5, 5.41) is 0. The highest BCUT2D eigenvalue weighted by atomic mass is 32.2. The molecule has 1 unspecified atom stereocenters. The Morgan fingerprint density at radius 1 is 1.03 bits per heavy atom. The van der Waals surface area contributed by atoms with E-state index in [0.717, 1.165) is 31.6 Å². The van der Waals surface area contributed by atoms with Gasteiger partial charge in [0.05, 0.1) is 18.6 Å². The molecule has 10 heteroatoms. The predicted octanol–water partition coefficient (Wildman–Crippen LogP) is 2.62. The van der Waals surface area contributed by atoms with Crippen molar-refractivity contribution in [1.82, 2.24) is 14.2 Å². The van der Waals surface area contributed by atoms with Crippen molar-refractivity contribution in [3.63, 3.8) is 0 Å². The summed E-state index contributed by atoms with van der Waals surface area (Å²) in [4.78, 5) is 21.2. The van der Waals surface area contributed by atoms with Gasteiger partial charge in [-0.1, -0.05) is 6.42 Å². The average Bonchev–Trinajstić information content (AvgIpc) is 2.89. The first-order chi connectivity index (χ1) is 17.3. The highest BCUT2D eigenvalue weighted by Gasteiger charge is 2.36. The normalized spacial score (nSPS) is 19.4. The van der Waals surface area contributed by atoms with E-state index in [1.807, 2.05) is 17.0 Å². The van der Waals surface area contributed by atoms with Crippen molar-refractivity contribution < 1.29 is 22.7 Å². The van der Waals surface area contributed by atoms with Crippen molar-refractivity contribution in [3.05, 3.63) is 47.8 Å². The second-order valence-electron chi connectivity index (χ2n) is 9.44.